The molecule has 1 aliphatic heterocycles. The topological polar surface area (TPSA) is 56.8 Å². The molecule has 0 bridgehead atoms. The smallest absolute Gasteiger partial charge is 0.305 e. The molecule has 1 N–H and O–H groups in total. The lowest BCUT2D eigenvalue weighted by molar-refractivity contribution is -0.143. The Labute approximate surface area is 119 Å². The second kappa shape index (κ2) is 6.50. The third-order valence-electron chi connectivity index (χ3n) is 3.54. The van der Waals surface area contributed by atoms with Crippen LogP contribution in [0.3, 0.4) is 0 Å². The molecule has 1 aliphatic rings. The van der Waals surface area contributed by atoms with E-state index in [-0.39, 0.29) is 5.97 Å². The van der Waals surface area contributed by atoms with Crippen molar-refractivity contribution in [2.45, 2.75) is 25.7 Å². The summed E-state index contributed by atoms with van der Waals surface area (Å²) in [5, 5.41) is 3.34. The first-order chi connectivity index (χ1) is 9.69. The Balaban J connectivity index is 2.09. The Bertz CT molecular complexity index is 487. The number of carbonyl (C=O) groups excluding carboxylic acids is 1. The van der Waals surface area contributed by atoms with E-state index in [2.05, 4.69) is 5.32 Å². The monoisotopic (exact) mass is 279 g/mol. The van der Waals surface area contributed by atoms with Gasteiger partial charge in [-0.2, -0.15) is 0 Å². The third kappa shape index (κ3) is 2.98. The van der Waals surface area contributed by atoms with Gasteiger partial charge in [0.2, 0.25) is 0 Å². The molecule has 5 nitrogen and oxygen atoms in total. The molecule has 5 heteroatoms. The van der Waals surface area contributed by atoms with Gasteiger partial charge >= 0.3 is 5.97 Å². The number of benzene rings is 1. The predicted octanol–water partition coefficient (Wildman–Crippen LogP) is 2.56. The second-order valence-electron chi connectivity index (χ2n) is 4.72. The molecule has 1 heterocycles. The van der Waals surface area contributed by atoms with Crippen molar-refractivity contribution in [1.29, 1.82) is 0 Å². The van der Waals surface area contributed by atoms with E-state index >= 15 is 0 Å². The molecule has 0 amide bonds. The van der Waals surface area contributed by atoms with Crippen molar-refractivity contribution in [3.8, 4) is 11.5 Å². The number of anilines is 1. The normalized spacial score (nSPS) is 16.2. The summed E-state index contributed by atoms with van der Waals surface area (Å²) < 4.78 is 15.6. The minimum Gasteiger partial charge on any atom is -0.493 e. The highest BCUT2D eigenvalue weighted by atomic mass is 16.5. The summed E-state index contributed by atoms with van der Waals surface area (Å²) >= 11 is 0. The standard InChI is InChI=1S/C15H21NO4/c1-4-20-15(17)6-5-10-9-16-12-8-14(19-3)13(18-2)7-11(10)12/h7-8,10,16H,4-6,9H2,1-3H3. The summed E-state index contributed by atoms with van der Waals surface area (Å²) in [6.45, 7) is 3.08. The van der Waals surface area contributed by atoms with Crippen LogP contribution in [-0.4, -0.2) is 33.3 Å². The average Bonchev–Trinajstić information content (AvgIpc) is 2.86. The van der Waals surface area contributed by atoms with E-state index < -0.39 is 0 Å². The molecule has 0 aromatic heterocycles. The van der Waals surface area contributed by atoms with E-state index in [4.69, 9.17) is 14.2 Å². The van der Waals surface area contributed by atoms with Gasteiger partial charge < -0.3 is 19.5 Å². The third-order valence-corrected chi connectivity index (χ3v) is 3.54. The molecule has 20 heavy (non-hydrogen) atoms. The van der Waals surface area contributed by atoms with Crippen LogP contribution < -0.4 is 14.8 Å². The first-order valence-electron chi connectivity index (χ1n) is 6.85. The molecule has 1 unspecified atom stereocenters. The number of ether oxygens (including phenoxy) is 3. The van der Waals surface area contributed by atoms with E-state index in [9.17, 15) is 4.79 Å². The van der Waals surface area contributed by atoms with Crippen LogP contribution in [0.2, 0.25) is 0 Å². The van der Waals surface area contributed by atoms with Crippen LogP contribution in [0.15, 0.2) is 12.1 Å². The molecular formula is C15H21NO4. The maximum absolute atomic E-state index is 11.4. The first kappa shape index (κ1) is 14.5. The van der Waals surface area contributed by atoms with Crippen molar-refractivity contribution in [3.63, 3.8) is 0 Å². The maximum atomic E-state index is 11.4. The van der Waals surface area contributed by atoms with E-state index in [1.54, 1.807) is 14.2 Å². The zero-order valence-corrected chi connectivity index (χ0v) is 12.2. The van der Waals surface area contributed by atoms with Gasteiger partial charge in [0.05, 0.1) is 20.8 Å². The van der Waals surface area contributed by atoms with E-state index in [0.29, 0.717) is 24.7 Å². The summed E-state index contributed by atoms with van der Waals surface area (Å²) in [5.74, 6) is 1.59. The minimum atomic E-state index is -0.138. The van der Waals surface area contributed by atoms with Crippen LogP contribution in [0.5, 0.6) is 11.5 Å². The SMILES string of the molecule is CCOC(=O)CCC1CNc2cc(OC)c(OC)cc21. The zero-order valence-electron chi connectivity index (χ0n) is 12.2. The fraction of sp³-hybridized carbons (Fsp3) is 0.533. The van der Waals surface area contributed by atoms with Crippen LogP contribution in [-0.2, 0) is 9.53 Å². The Kier molecular flexibility index (Phi) is 4.71. The molecule has 1 aromatic rings. The lowest BCUT2D eigenvalue weighted by Crippen LogP contribution is -2.08. The number of esters is 1. The zero-order chi connectivity index (χ0) is 14.5. The van der Waals surface area contributed by atoms with Crippen molar-refractivity contribution < 1.29 is 19.0 Å². The van der Waals surface area contributed by atoms with Gasteiger partial charge in [-0.1, -0.05) is 0 Å². The van der Waals surface area contributed by atoms with Gasteiger partial charge in [-0.25, -0.2) is 0 Å². The summed E-state index contributed by atoms with van der Waals surface area (Å²) in [7, 11) is 3.25. The molecule has 0 saturated carbocycles. The van der Waals surface area contributed by atoms with E-state index in [1.807, 2.05) is 19.1 Å². The number of hydrogen-bond acceptors (Lipinski definition) is 5. The largest absolute Gasteiger partial charge is 0.493 e. The quantitative estimate of drug-likeness (QED) is 0.811. The van der Waals surface area contributed by atoms with Crippen molar-refractivity contribution in [2.24, 2.45) is 0 Å². The van der Waals surface area contributed by atoms with Gasteiger partial charge in [-0.3, -0.25) is 4.79 Å². The summed E-state index contributed by atoms with van der Waals surface area (Å²) in [6.07, 6.45) is 1.21. The molecular weight excluding hydrogens is 258 g/mol. The minimum absolute atomic E-state index is 0.138. The number of rotatable bonds is 6. The van der Waals surface area contributed by atoms with Gasteiger partial charge in [0.1, 0.15) is 0 Å². The Morgan fingerprint density at radius 1 is 1.30 bits per heavy atom. The lowest BCUT2D eigenvalue weighted by atomic mass is 9.96. The summed E-state index contributed by atoms with van der Waals surface area (Å²) in [5.41, 5.74) is 2.23. The van der Waals surface area contributed by atoms with Crippen LogP contribution in [0.1, 0.15) is 31.2 Å². The van der Waals surface area contributed by atoms with E-state index in [1.165, 1.54) is 5.56 Å². The van der Waals surface area contributed by atoms with Gasteiger partial charge in [0, 0.05) is 30.6 Å². The van der Waals surface area contributed by atoms with Crippen LogP contribution in [0.4, 0.5) is 5.69 Å². The molecule has 110 valence electrons. The Morgan fingerprint density at radius 2 is 2.00 bits per heavy atom. The molecule has 0 spiro atoms. The fourth-order valence-electron chi connectivity index (χ4n) is 2.51. The Hall–Kier alpha value is -1.91. The van der Waals surface area contributed by atoms with E-state index in [0.717, 1.165) is 24.4 Å². The molecule has 0 fully saturated rings. The first-order valence-corrected chi connectivity index (χ1v) is 6.85. The lowest BCUT2D eigenvalue weighted by Gasteiger charge is -2.13. The number of hydrogen-bond donors (Lipinski definition) is 1. The van der Waals surface area contributed by atoms with Crippen molar-refractivity contribution in [2.75, 3.05) is 32.7 Å². The summed E-state index contributed by atoms with van der Waals surface area (Å²) in [6, 6.07) is 3.93. The number of methoxy groups -OCH3 is 2. The van der Waals surface area contributed by atoms with Gasteiger partial charge in [0.25, 0.3) is 0 Å². The Morgan fingerprint density at radius 3 is 2.65 bits per heavy atom. The van der Waals surface area contributed by atoms with Crippen molar-refractivity contribution in [1.82, 2.24) is 0 Å². The summed E-state index contributed by atoms with van der Waals surface area (Å²) in [4.78, 5) is 11.4. The molecule has 0 saturated heterocycles. The molecule has 1 aromatic carbocycles. The van der Waals surface area contributed by atoms with Gasteiger partial charge in [-0.05, 0) is 25.0 Å². The highest BCUT2D eigenvalue weighted by molar-refractivity contribution is 5.70. The van der Waals surface area contributed by atoms with Gasteiger partial charge in [0.15, 0.2) is 11.5 Å². The van der Waals surface area contributed by atoms with Crippen LogP contribution in [0.25, 0.3) is 0 Å². The number of carbonyl (C=O) groups is 1. The molecule has 0 aliphatic carbocycles. The number of nitrogens with one attached hydrogen (secondary N) is 1. The molecule has 1 atom stereocenters. The number of fused-ring (bicyclic) bond motifs is 1. The van der Waals surface area contributed by atoms with Crippen LogP contribution >= 0.6 is 0 Å². The van der Waals surface area contributed by atoms with Crippen LogP contribution in [0, 0.1) is 0 Å². The molecule has 2 rings (SSSR count). The maximum Gasteiger partial charge on any atom is 0.305 e. The predicted molar refractivity (Wildman–Crippen MR) is 76.6 cm³/mol. The highest BCUT2D eigenvalue weighted by Gasteiger charge is 2.25. The highest BCUT2D eigenvalue weighted by Crippen LogP contribution is 2.41. The second-order valence-corrected chi connectivity index (χ2v) is 4.72. The fourth-order valence-corrected chi connectivity index (χ4v) is 2.51. The molecule has 0 radical (unpaired) electrons. The average molecular weight is 279 g/mol. The van der Waals surface area contributed by atoms with Crippen molar-refractivity contribution in [3.05, 3.63) is 17.7 Å². The van der Waals surface area contributed by atoms with Crippen molar-refractivity contribution >= 4 is 11.7 Å². The van der Waals surface area contributed by atoms with Gasteiger partial charge in [-0.15, -0.1) is 0 Å².